The first-order valence-corrected chi connectivity index (χ1v) is 35.0. The van der Waals surface area contributed by atoms with E-state index in [0.717, 1.165) is 25.7 Å². The maximum absolute atomic E-state index is 13.0. The summed E-state index contributed by atoms with van der Waals surface area (Å²) in [4.78, 5) is 63.6. The predicted molar refractivity (Wildman–Crippen MR) is 361 cm³/mol. The molecule has 15 nitrogen and oxygen atoms in total. The first-order chi connectivity index (χ1) is 44.5. The third kappa shape index (κ3) is 19.2. The molecular weight excluding hydrogens is 1250 g/mol. The standard InChI is InChI=1S/C24H30O2.C18H15S.C13H18O5.C12H16O3.C9H16F2O5S/c1-6-23(2,3)22(25)26-24(4,5)21-19-13-9-7-11-17(19)15-16-18-12-8-10-14-20(18)21;1-4-10-16(11-5-1)19(17-12-6-2-7-13-17)18-14-8-3-9-15-18;1-4-13(2,3)12(15)18-9-7-5-6-8(16-7)10(9)17-11(6)14;1-4-12(2,3)11(14)15-10-7-5-9(13)6-8-10;1-5-8(3,4)7(12)16-6(2)9(10,11)17(13,14)15/h7-14,21H,6,15-16H2,1-5H3;1-15H;6-10H,4-5H2,1-3H3;5-8,13H,4H2,1-3H3;6H,5H2,1-4H3,(H,13,14,15)/q;+1;;;/p-1. The molecule has 0 spiro atoms. The van der Waals surface area contributed by atoms with Gasteiger partial charge in [0.2, 0.25) is 0 Å². The fraction of sp³-hybridized carbons (Fsp3) is 0.461. The van der Waals surface area contributed by atoms with Crippen molar-refractivity contribution in [2.24, 2.45) is 27.6 Å². The van der Waals surface area contributed by atoms with E-state index in [0.29, 0.717) is 31.9 Å². The molecule has 3 heterocycles. The molecule has 0 amide bonds. The van der Waals surface area contributed by atoms with E-state index < -0.39 is 66.9 Å². The maximum Gasteiger partial charge on any atom is 0.369 e. The molecular formula is C76H94F2O15S2. The number of phenolic OH excluding ortho intramolecular Hbond substituents is 1. The van der Waals surface area contributed by atoms with E-state index in [2.05, 4.69) is 158 Å². The number of hydrogen-bond acceptors (Lipinski definition) is 15. The van der Waals surface area contributed by atoms with Crippen molar-refractivity contribution < 1.29 is 79.3 Å². The van der Waals surface area contributed by atoms with Gasteiger partial charge in [0.1, 0.15) is 23.2 Å². The summed E-state index contributed by atoms with van der Waals surface area (Å²) in [6.45, 7) is 26.6. The molecule has 3 fully saturated rings. The van der Waals surface area contributed by atoms with Crippen LogP contribution in [0, 0.1) is 27.6 Å². The van der Waals surface area contributed by atoms with Gasteiger partial charge in [-0.2, -0.15) is 8.78 Å². The van der Waals surface area contributed by atoms with Gasteiger partial charge in [0.25, 0.3) is 0 Å². The van der Waals surface area contributed by atoms with E-state index in [4.69, 9.17) is 28.8 Å². The monoisotopic (exact) mass is 1350 g/mol. The largest absolute Gasteiger partial charge is 0.743 e. The first-order valence-electron chi connectivity index (χ1n) is 32.4. The highest BCUT2D eigenvalue weighted by atomic mass is 32.2. The molecule has 95 heavy (non-hydrogen) atoms. The summed E-state index contributed by atoms with van der Waals surface area (Å²) in [7, 11) is -5.87. The zero-order chi connectivity index (χ0) is 70.5. The van der Waals surface area contributed by atoms with Crippen LogP contribution in [0.4, 0.5) is 8.78 Å². The number of halogens is 2. The molecule has 6 aromatic carbocycles. The molecule has 3 aliphatic heterocycles. The molecule has 0 aromatic heterocycles. The van der Waals surface area contributed by atoms with Crippen LogP contribution in [-0.4, -0.2) is 89.3 Å². The number of phenols is 1. The van der Waals surface area contributed by atoms with Crippen molar-refractivity contribution in [3.63, 3.8) is 0 Å². The van der Waals surface area contributed by atoms with Crippen molar-refractivity contribution in [1.29, 1.82) is 0 Å². The Morgan fingerprint density at radius 1 is 0.579 bits per heavy atom. The lowest BCUT2D eigenvalue weighted by Gasteiger charge is -2.38. The van der Waals surface area contributed by atoms with Crippen molar-refractivity contribution in [3.8, 4) is 11.5 Å². The average Bonchev–Trinajstić information content (AvgIpc) is 1.61. The molecule has 514 valence electrons. The lowest BCUT2D eigenvalue weighted by molar-refractivity contribution is -0.170. The summed E-state index contributed by atoms with van der Waals surface area (Å²) in [5.74, 6) is -1.30. The number of aromatic hydroxyl groups is 1. The Bertz CT molecular complexity index is 3510. The summed E-state index contributed by atoms with van der Waals surface area (Å²) >= 11 is 0. The first kappa shape index (κ1) is 76.6. The second kappa shape index (κ2) is 32.1. The van der Waals surface area contributed by atoms with Crippen LogP contribution in [0.25, 0.3) is 0 Å². The Labute approximate surface area is 563 Å². The van der Waals surface area contributed by atoms with Gasteiger partial charge in [0.05, 0.1) is 44.6 Å². The van der Waals surface area contributed by atoms with Gasteiger partial charge in [-0.25, -0.2) is 8.42 Å². The summed E-state index contributed by atoms with van der Waals surface area (Å²) in [6.07, 6.45) is 1.68. The Morgan fingerprint density at radius 3 is 1.41 bits per heavy atom. The highest BCUT2D eigenvalue weighted by molar-refractivity contribution is 7.97. The number of carbonyl (C=O) groups is 5. The maximum atomic E-state index is 13.0. The SMILES string of the molecule is CCC(C)(C)C(=O)OC(C)(C)C1c2ccccc2CCc2ccccc21.CCC(C)(C)C(=O)OC(C)C(F)(F)S(=O)(=O)[O-].CCC(C)(C)C(=O)OC1C2CC3C(=O)OC1C3O2.CCC(C)(C)C(=O)Oc1ccc(O)cc1.c1ccc([S+](c2ccccc2)c2ccccc2)cc1. The minimum absolute atomic E-state index is 0.0146. The molecule has 19 heteroatoms. The Morgan fingerprint density at radius 2 is 0.979 bits per heavy atom. The number of aryl methyl sites for hydroxylation is 2. The lowest BCUT2D eigenvalue weighted by atomic mass is 9.77. The predicted octanol–water partition coefficient (Wildman–Crippen LogP) is 15.7. The third-order valence-electron chi connectivity index (χ3n) is 18.3. The van der Waals surface area contributed by atoms with Gasteiger partial charge in [-0.1, -0.05) is 131 Å². The van der Waals surface area contributed by atoms with Crippen LogP contribution in [0.3, 0.4) is 0 Å². The van der Waals surface area contributed by atoms with Crippen LogP contribution in [0.1, 0.15) is 164 Å². The fourth-order valence-corrected chi connectivity index (χ4v) is 12.9. The van der Waals surface area contributed by atoms with Gasteiger partial charge < -0.3 is 38.1 Å². The van der Waals surface area contributed by atoms with E-state index in [1.807, 2.05) is 62.3 Å². The van der Waals surface area contributed by atoms with E-state index >= 15 is 0 Å². The number of benzene rings is 6. The van der Waals surface area contributed by atoms with Gasteiger partial charge >= 0.3 is 35.1 Å². The number of ether oxygens (including phenoxy) is 6. The summed E-state index contributed by atoms with van der Waals surface area (Å²) in [6, 6.07) is 55.5. The summed E-state index contributed by atoms with van der Waals surface area (Å²) in [5.41, 5.74) is 2.18. The average molecular weight is 1350 g/mol. The molecule has 0 radical (unpaired) electrons. The molecule has 6 aromatic rings. The Balaban J connectivity index is 0.000000191. The van der Waals surface area contributed by atoms with Crippen molar-refractivity contribution in [2.45, 2.75) is 211 Å². The van der Waals surface area contributed by atoms with Crippen LogP contribution < -0.4 is 4.74 Å². The molecule has 4 aliphatic rings. The zero-order valence-corrected chi connectivity index (χ0v) is 58.9. The number of fused-ring (bicyclic) bond motifs is 3. The van der Waals surface area contributed by atoms with Crippen LogP contribution in [-0.2, 0) is 81.5 Å². The number of alkyl halides is 2. The summed E-state index contributed by atoms with van der Waals surface area (Å²) < 4.78 is 89.0. The molecule has 3 saturated heterocycles. The number of carbonyl (C=O) groups excluding carboxylic acids is 5. The quantitative estimate of drug-likeness (QED) is 0.0278. The molecule has 0 saturated carbocycles. The number of hydrogen-bond donors (Lipinski definition) is 1. The molecule has 6 atom stereocenters. The van der Waals surface area contributed by atoms with Crippen LogP contribution in [0.5, 0.6) is 11.5 Å². The van der Waals surface area contributed by atoms with Crippen LogP contribution in [0.2, 0.25) is 0 Å². The normalized spacial score (nSPS) is 18.5. The fourth-order valence-electron chi connectivity index (χ4n) is 10.4. The molecule has 10 rings (SSSR count). The molecule has 1 aliphatic carbocycles. The number of esters is 5. The smallest absolute Gasteiger partial charge is 0.369 e. The molecule has 2 bridgehead atoms. The Hall–Kier alpha value is -7.45. The van der Waals surface area contributed by atoms with Crippen LogP contribution >= 0.6 is 0 Å². The second-order valence-electron chi connectivity index (χ2n) is 27.2. The minimum Gasteiger partial charge on any atom is -0.743 e. The van der Waals surface area contributed by atoms with Crippen molar-refractivity contribution >= 4 is 50.9 Å². The van der Waals surface area contributed by atoms with Gasteiger partial charge in [0.15, 0.2) is 43.1 Å². The third-order valence-corrected chi connectivity index (χ3v) is 21.5. The van der Waals surface area contributed by atoms with Crippen molar-refractivity contribution in [3.05, 3.63) is 186 Å². The van der Waals surface area contributed by atoms with Gasteiger partial charge in [0, 0.05) is 5.92 Å². The minimum atomic E-state index is -5.86. The number of rotatable bonds is 18. The van der Waals surface area contributed by atoms with E-state index in [1.165, 1.54) is 62.9 Å². The molecule has 1 N–H and O–H groups in total. The summed E-state index contributed by atoms with van der Waals surface area (Å²) in [5, 5.41) is 4.42. The van der Waals surface area contributed by atoms with E-state index in [-0.39, 0.29) is 64.6 Å². The van der Waals surface area contributed by atoms with Gasteiger partial charge in [-0.05, 0) is 204 Å². The molecule has 6 unspecified atom stereocenters. The van der Waals surface area contributed by atoms with Crippen LogP contribution in [0.15, 0.2) is 178 Å². The van der Waals surface area contributed by atoms with Gasteiger partial charge in [-0.15, -0.1) is 0 Å². The zero-order valence-electron chi connectivity index (χ0n) is 57.3. The highest BCUT2D eigenvalue weighted by Crippen LogP contribution is 2.48. The van der Waals surface area contributed by atoms with Crippen molar-refractivity contribution in [2.75, 3.05) is 0 Å². The second-order valence-corrected chi connectivity index (χ2v) is 30.7. The topological polar surface area (TPSA) is 218 Å². The lowest BCUT2D eigenvalue weighted by Crippen LogP contribution is -2.44. The van der Waals surface area contributed by atoms with E-state index in [9.17, 15) is 45.7 Å². The van der Waals surface area contributed by atoms with Gasteiger partial charge in [-0.3, -0.25) is 24.0 Å². The van der Waals surface area contributed by atoms with Crippen molar-refractivity contribution in [1.82, 2.24) is 0 Å². The Kier molecular flexibility index (Phi) is 25.8. The van der Waals surface area contributed by atoms with E-state index in [1.54, 1.807) is 19.1 Å². The highest BCUT2D eigenvalue weighted by Gasteiger charge is 2.65.